The Morgan fingerprint density at radius 1 is 1.12 bits per heavy atom. The molecule has 1 saturated heterocycles. The summed E-state index contributed by atoms with van der Waals surface area (Å²) in [7, 11) is 0. The third kappa shape index (κ3) is 4.28. The zero-order chi connectivity index (χ0) is 17.9. The lowest BCUT2D eigenvalue weighted by atomic mass is 10.1. The molecule has 0 aromatic heterocycles. The van der Waals surface area contributed by atoms with Gasteiger partial charge < -0.3 is 9.64 Å². The summed E-state index contributed by atoms with van der Waals surface area (Å²) in [4.78, 5) is 14.1. The Labute approximate surface area is 147 Å². The maximum atomic E-state index is 12.7. The fraction of sp³-hybridized carbons (Fsp3) is 0.278. The molecule has 1 aliphatic rings. The number of alkyl halides is 3. The minimum atomic E-state index is -4.36. The van der Waals surface area contributed by atoms with Crippen molar-refractivity contribution in [3.63, 3.8) is 0 Å². The summed E-state index contributed by atoms with van der Waals surface area (Å²) in [5.74, 6) is 1.16. The van der Waals surface area contributed by atoms with E-state index in [2.05, 4.69) is 0 Å². The minimum absolute atomic E-state index is 0.0955. The second-order valence-electron chi connectivity index (χ2n) is 5.53. The number of amides is 1. The number of carbonyl (C=O) groups excluding carboxylic acids is 1. The molecular formula is C18H16F3NO2S. The van der Waals surface area contributed by atoms with Gasteiger partial charge in [0.25, 0.3) is 5.91 Å². The Hall–Kier alpha value is -2.15. The normalized spacial score (nSPS) is 17.6. The van der Waals surface area contributed by atoms with Crippen LogP contribution in [0.25, 0.3) is 0 Å². The summed E-state index contributed by atoms with van der Waals surface area (Å²) in [5, 5.41) is -0.283. The molecule has 0 bridgehead atoms. The second kappa shape index (κ2) is 7.39. The lowest BCUT2D eigenvalue weighted by Crippen LogP contribution is -2.34. The predicted octanol–water partition coefficient (Wildman–Crippen LogP) is 4.36. The number of ether oxygens (including phenoxy) is 1. The van der Waals surface area contributed by atoms with Crippen molar-refractivity contribution in [1.29, 1.82) is 0 Å². The number of halogens is 3. The molecule has 2 aromatic rings. The van der Waals surface area contributed by atoms with Crippen LogP contribution >= 0.6 is 11.8 Å². The number of hydrogen-bond acceptors (Lipinski definition) is 3. The van der Waals surface area contributed by atoms with E-state index in [0.717, 1.165) is 17.9 Å². The van der Waals surface area contributed by atoms with Crippen molar-refractivity contribution in [2.24, 2.45) is 0 Å². The summed E-state index contributed by atoms with van der Waals surface area (Å²) in [5.41, 5.74) is -0.00639. The van der Waals surface area contributed by atoms with Gasteiger partial charge in [-0.05, 0) is 29.8 Å². The van der Waals surface area contributed by atoms with E-state index >= 15 is 0 Å². The maximum Gasteiger partial charge on any atom is 0.416 e. The van der Waals surface area contributed by atoms with E-state index < -0.39 is 11.7 Å². The third-order valence-corrected chi connectivity index (χ3v) is 5.10. The Morgan fingerprint density at radius 3 is 2.44 bits per heavy atom. The molecule has 0 spiro atoms. The van der Waals surface area contributed by atoms with E-state index in [1.807, 2.05) is 18.2 Å². The van der Waals surface area contributed by atoms with Gasteiger partial charge in [0.1, 0.15) is 11.1 Å². The maximum absolute atomic E-state index is 12.7. The van der Waals surface area contributed by atoms with Crippen molar-refractivity contribution >= 4 is 17.7 Å². The van der Waals surface area contributed by atoms with Crippen molar-refractivity contribution in [2.45, 2.75) is 11.6 Å². The third-order valence-electron chi connectivity index (χ3n) is 3.84. The van der Waals surface area contributed by atoms with Crippen LogP contribution < -0.4 is 4.74 Å². The molecule has 0 saturated carbocycles. The van der Waals surface area contributed by atoms with Gasteiger partial charge in [0.05, 0.1) is 5.56 Å². The van der Waals surface area contributed by atoms with Crippen LogP contribution in [0.5, 0.6) is 5.75 Å². The number of nitrogens with zero attached hydrogens (tertiary/aromatic N) is 1. The summed E-state index contributed by atoms with van der Waals surface area (Å²) in [6, 6.07) is 14.0. The molecule has 0 radical (unpaired) electrons. The average Bonchev–Trinajstić information content (AvgIpc) is 3.10. The highest BCUT2D eigenvalue weighted by Gasteiger charge is 2.33. The monoisotopic (exact) mass is 367 g/mol. The first kappa shape index (κ1) is 17.7. The predicted molar refractivity (Wildman–Crippen MR) is 90.3 cm³/mol. The van der Waals surface area contributed by atoms with Gasteiger partial charge in [-0.3, -0.25) is 4.79 Å². The van der Waals surface area contributed by atoms with Gasteiger partial charge in [0, 0.05) is 12.3 Å². The molecule has 1 aliphatic heterocycles. The summed E-state index contributed by atoms with van der Waals surface area (Å²) in [6.07, 6.45) is -4.36. The van der Waals surface area contributed by atoms with Crippen molar-refractivity contribution in [3.8, 4) is 5.75 Å². The smallest absolute Gasteiger partial charge is 0.416 e. The molecule has 1 fully saturated rings. The average molecular weight is 367 g/mol. The molecular weight excluding hydrogens is 351 g/mol. The molecule has 7 heteroatoms. The second-order valence-corrected chi connectivity index (χ2v) is 6.72. The highest BCUT2D eigenvalue weighted by atomic mass is 32.2. The van der Waals surface area contributed by atoms with Crippen LogP contribution in [0.3, 0.4) is 0 Å². The van der Waals surface area contributed by atoms with Crippen molar-refractivity contribution in [1.82, 2.24) is 4.90 Å². The van der Waals surface area contributed by atoms with Crippen molar-refractivity contribution < 1.29 is 22.7 Å². The first-order valence-electron chi connectivity index (χ1n) is 7.71. The van der Waals surface area contributed by atoms with Crippen LogP contribution in [-0.2, 0) is 11.0 Å². The number of para-hydroxylation sites is 1. The lowest BCUT2D eigenvalue weighted by Gasteiger charge is -2.24. The Bertz CT molecular complexity index is 719. The van der Waals surface area contributed by atoms with E-state index in [1.165, 1.54) is 23.9 Å². The van der Waals surface area contributed by atoms with E-state index in [1.54, 1.807) is 17.0 Å². The highest BCUT2D eigenvalue weighted by Crippen LogP contribution is 2.39. The van der Waals surface area contributed by atoms with Gasteiger partial charge in [-0.15, -0.1) is 11.8 Å². The van der Waals surface area contributed by atoms with E-state index in [-0.39, 0.29) is 17.9 Å². The van der Waals surface area contributed by atoms with Crippen LogP contribution in [0.1, 0.15) is 16.5 Å². The van der Waals surface area contributed by atoms with Gasteiger partial charge in [-0.25, -0.2) is 0 Å². The van der Waals surface area contributed by atoms with Crippen LogP contribution in [0.15, 0.2) is 54.6 Å². The number of thioether (sulfide) groups is 1. The van der Waals surface area contributed by atoms with Crippen molar-refractivity contribution in [3.05, 3.63) is 65.7 Å². The first-order valence-corrected chi connectivity index (χ1v) is 8.76. The molecule has 1 unspecified atom stereocenters. The van der Waals surface area contributed by atoms with Gasteiger partial charge in [0.15, 0.2) is 6.61 Å². The van der Waals surface area contributed by atoms with Gasteiger partial charge >= 0.3 is 6.18 Å². The lowest BCUT2D eigenvalue weighted by molar-refractivity contribution is -0.137. The molecule has 1 amide bonds. The molecule has 132 valence electrons. The fourth-order valence-electron chi connectivity index (χ4n) is 2.58. The van der Waals surface area contributed by atoms with E-state index in [4.69, 9.17) is 4.74 Å². The largest absolute Gasteiger partial charge is 0.484 e. The van der Waals surface area contributed by atoms with Crippen molar-refractivity contribution in [2.75, 3.05) is 18.9 Å². The first-order chi connectivity index (χ1) is 11.9. The standard InChI is InChI=1S/C18H16F3NO2S/c19-18(20,21)14-8-6-13(7-9-14)17-22(10-11-25-17)16(23)12-24-15-4-2-1-3-5-15/h1-9,17H,10-12H2. The van der Waals surface area contributed by atoms with E-state index in [9.17, 15) is 18.0 Å². The summed E-state index contributed by atoms with van der Waals surface area (Å²) >= 11 is 1.54. The minimum Gasteiger partial charge on any atom is -0.484 e. The molecule has 2 aromatic carbocycles. The number of carbonyl (C=O) groups is 1. The molecule has 25 heavy (non-hydrogen) atoms. The van der Waals surface area contributed by atoms with Gasteiger partial charge in [-0.2, -0.15) is 13.2 Å². The zero-order valence-corrected chi connectivity index (χ0v) is 14.0. The van der Waals surface area contributed by atoms with E-state index in [0.29, 0.717) is 17.9 Å². The Kier molecular flexibility index (Phi) is 5.22. The SMILES string of the molecule is O=C(COc1ccccc1)N1CCSC1c1ccc(C(F)(F)F)cc1. The van der Waals surface area contributed by atoms with Gasteiger partial charge in [-0.1, -0.05) is 30.3 Å². The molecule has 3 rings (SSSR count). The molecule has 0 N–H and O–H groups in total. The Balaban J connectivity index is 1.66. The molecule has 0 aliphatic carbocycles. The van der Waals surface area contributed by atoms with Crippen LogP contribution in [0, 0.1) is 0 Å². The molecule has 3 nitrogen and oxygen atoms in total. The number of hydrogen-bond donors (Lipinski definition) is 0. The summed E-state index contributed by atoms with van der Waals surface area (Å²) < 4.78 is 43.5. The quantitative estimate of drug-likeness (QED) is 0.804. The van der Waals surface area contributed by atoms with Crippen LogP contribution in [-0.4, -0.2) is 29.7 Å². The Morgan fingerprint density at radius 2 is 1.80 bits per heavy atom. The summed E-state index contributed by atoms with van der Waals surface area (Å²) in [6.45, 7) is 0.453. The van der Waals surface area contributed by atoms with Crippen LogP contribution in [0.2, 0.25) is 0 Å². The topological polar surface area (TPSA) is 29.5 Å². The highest BCUT2D eigenvalue weighted by molar-refractivity contribution is 7.99. The number of benzene rings is 2. The number of rotatable bonds is 4. The van der Waals surface area contributed by atoms with Gasteiger partial charge in [0.2, 0.25) is 0 Å². The molecule has 1 heterocycles. The fourth-order valence-corrected chi connectivity index (χ4v) is 3.86. The zero-order valence-electron chi connectivity index (χ0n) is 13.2. The molecule has 1 atom stereocenters. The van der Waals surface area contributed by atoms with Crippen LogP contribution in [0.4, 0.5) is 13.2 Å².